The summed E-state index contributed by atoms with van der Waals surface area (Å²) < 4.78 is 4.72. The molecule has 7 heteroatoms. The van der Waals surface area contributed by atoms with Crippen molar-refractivity contribution >= 4 is 29.5 Å². The fraction of sp³-hybridized carbons (Fsp3) is 0.389. The van der Waals surface area contributed by atoms with Crippen LogP contribution in [-0.2, 0) is 9.53 Å². The molecule has 0 saturated heterocycles. The highest BCUT2D eigenvalue weighted by atomic mass is 16.5. The minimum Gasteiger partial charge on any atom is -0.596 e. The molecule has 0 bridgehead atoms. The molecule has 0 aliphatic heterocycles. The molecule has 7 nitrogen and oxygen atoms in total. The van der Waals surface area contributed by atoms with Crippen molar-refractivity contribution in [3.8, 4) is 0 Å². The summed E-state index contributed by atoms with van der Waals surface area (Å²) in [4.78, 5) is 23.9. The largest absolute Gasteiger partial charge is 0.596 e. The van der Waals surface area contributed by atoms with E-state index in [1.165, 1.54) is 13.2 Å². The molecule has 0 heterocycles. The first-order chi connectivity index (χ1) is 11.9. The maximum atomic E-state index is 12.1. The predicted octanol–water partition coefficient (Wildman–Crippen LogP) is 2.66. The number of hydrogen-bond donors (Lipinski definition) is 3. The Labute approximate surface area is 147 Å². The molecule has 0 saturated carbocycles. The summed E-state index contributed by atoms with van der Waals surface area (Å²) in [7, 11) is 1.30. The van der Waals surface area contributed by atoms with Crippen molar-refractivity contribution in [2.24, 2.45) is 0 Å². The van der Waals surface area contributed by atoms with Gasteiger partial charge in [-0.1, -0.05) is 13.8 Å². The quantitative estimate of drug-likeness (QED) is 0.275. The second-order valence-electron chi connectivity index (χ2n) is 5.49. The van der Waals surface area contributed by atoms with Crippen molar-refractivity contribution < 1.29 is 19.4 Å². The highest BCUT2D eigenvalue weighted by molar-refractivity contribution is 5.98. The first-order valence-electron chi connectivity index (χ1n) is 8.15. The number of ether oxygens (including phenoxy) is 1. The van der Waals surface area contributed by atoms with E-state index in [2.05, 4.69) is 24.5 Å². The smallest absolute Gasteiger partial charge is 0.337 e. The number of methoxy groups -OCH3 is 1. The van der Waals surface area contributed by atoms with Crippen molar-refractivity contribution in [2.75, 3.05) is 17.7 Å². The lowest BCUT2D eigenvalue weighted by molar-refractivity contribution is -0.116. The van der Waals surface area contributed by atoms with Crippen molar-refractivity contribution in [3.05, 3.63) is 35.6 Å². The Kier molecular flexibility index (Phi) is 8.18. The van der Waals surface area contributed by atoms with Crippen LogP contribution < -0.4 is 10.6 Å². The monoisotopic (exact) mass is 348 g/mol. The number of nitrogens with one attached hydrogen (secondary N) is 3. The van der Waals surface area contributed by atoms with Crippen LogP contribution in [0, 0.1) is 5.41 Å². The molecule has 1 amide bonds. The molecule has 0 atom stereocenters. The van der Waals surface area contributed by atoms with E-state index < -0.39 is 11.9 Å². The lowest BCUT2D eigenvalue weighted by Gasteiger charge is -2.20. The molecule has 5 N–H and O–H groups in total. The Morgan fingerprint density at radius 3 is 2.52 bits per heavy atom. The van der Waals surface area contributed by atoms with Crippen LogP contribution in [0.4, 0.5) is 11.4 Å². The number of rotatable bonds is 9. The molecule has 0 aromatic heterocycles. The summed E-state index contributed by atoms with van der Waals surface area (Å²) in [6.45, 7) is 4.13. The van der Waals surface area contributed by atoms with Crippen LogP contribution in [0.1, 0.15) is 43.5 Å². The normalized spacial score (nSPS) is 11.1. The lowest BCUT2D eigenvalue weighted by Crippen LogP contribution is -2.20. The second-order valence-corrected chi connectivity index (χ2v) is 5.49. The Bertz CT molecular complexity index is 652. The van der Waals surface area contributed by atoms with Gasteiger partial charge in [0.15, 0.2) is 0 Å². The lowest BCUT2D eigenvalue weighted by atomic mass is 10.1. The number of esters is 1. The summed E-state index contributed by atoms with van der Waals surface area (Å²) in [5.41, 5.74) is 1.49. The third-order valence-corrected chi connectivity index (χ3v) is 3.70. The average Bonchev–Trinajstić information content (AvgIpc) is 2.59. The van der Waals surface area contributed by atoms with Gasteiger partial charge in [0.25, 0.3) is 0 Å². The average molecular weight is 348 g/mol. The summed E-state index contributed by atoms with van der Waals surface area (Å²) in [5.74, 6) is -0.849. The van der Waals surface area contributed by atoms with Crippen LogP contribution in [0.5, 0.6) is 0 Å². The van der Waals surface area contributed by atoms with Gasteiger partial charge in [0.05, 0.1) is 24.0 Å². The first-order valence-corrected chi connectivity index (χ1v) is 8.15. The fourth-order valence-electron chi connectivity index (χ4n) is 2.26. The van der Waals surface area contributed by atoms with Crippen LogP contribution in [0.3, 0.4) is 0 Å². The zero-order valence-electron chi connectivity index (χ0n) is 14.8. The van der Waals surface area contributed by atoms with Crippen molar-refractivity contribution in [2.45, 2.75) is 39.2 Å². The molecular weight excluding hydrogens is 322 g/mol. The molecule has 1 aromatic rings. The maximum absolute atomic E-state index is 12.1. The van der Waals surface area contributed by atoms with Crippen molar-refractivity contribution in [3.63, 3.8) is 0 Å². The maximum Gasteiger partial charge on any atom is 0.337 e. The van der Waals surface area contributed by atoms with E-state index in [9.17, 15) is 9.59 Å². The van der Waals surface area contributed by atoms with E-state index in [4.69, 9.17) is 15.3 Å². The molecule has 0 aliphatic rings. The zero-order chi connectivity index (χ0) is 18.8. The van der Waals surface area contributed by atoms with Crippen LogP contribution in [0.25, 0.3) is 0 Å². The van der Waals surface area contributed by atoms with Crippen LogP contribution in [0.15, 0.2) is 30.0 Å². The highest BCUT2D eigenvalue weighted by Gasteiger charge is 2.15. The summed E-state index contributed by atoms with van der Waals surface area (Å²) in [5, 5.41) is 20.6. The Morgan fingerprint density at radius 2 is 1.96 bits per heavy atom. The number of allylic oxidation sites excluding steroid dienone is 1. The molecule has 25 heavy (non-hydrogen) atoms. The van der Waals surface area contributed by atoms with Crippen LogP contribution >= 0.6 is 0 Å². The molecule has 0 unspecified atom stereocenters. The third-order valence-electron chi connectivity index (χ3n) is 3.70. The molecule has 0 spiro atoms. The highest BCUT2D eigenvalue weighted by Crippen LogP contribution is 2.26. The summed E-state index contributed by atoms with van der Waals surface area (Å²) >= 11 is 0. The van der Waals surface area contributed by atoms with Gasteiger partial charge >= 0.3 is 5.97 Å². The van der Waals surface area contributed by atoms with E-state index >= 15 is 0 Å². The summed E-state index contributed by atoms with van der Waals surface area (Å²) in [6, 6.07) is 5.16. The molecular formula is C18H26N3O4+. The van der Waals surface area contributed by atoms with E-state index in [-0.39, 0.29) is 18.2 Å². The van der Waals surface area contributed by atoms with E-state index in [1.807, 2.05) is 0 Å². The molecule has 0 fully saturated rings. The van der Waals surface area contributed by atoms with Crippen LogP contribution in [0.2, 0.25) is 0 Å². The third kappa shape index (κ3) is 6.29. The minimum atomic E-state index is -0.491. The second kappa shape index (κ2) is 10.1. The van der Waals surface area contributed by atoms with E-state index in [0.29, 0.717) is 16.9 Å². The van der Waals surface area contributed by atoms with Gasteiger partial charge in [-0.25, -0.2) is 4.79 Å². The number of hydrogen-bond acceptors (Lipinski definition) is 5. The minimum absolute atomic E-state index is 0.0334. The van der Waals surface area contributed by atoms with Crippen molar-refractivity contribution in [1.29, 1.82) is 5.41 Å². The number of carbonyl (C=O) groups excluding carboxylic acids is 2. The van der Waals surface area contributed by atoms with Gasteiger partial charge in [0.2, 0.25) is 11.7 Å². The molecule has 1 rings (SSSR count). The Morgan fingerprint density at radius 1 is 1.28 bits per heavy atom. The van der Waals surface area contributed by atoms with Gasteiger partial charge in [-0.3, -0.25) is 4.79 Å². The number of amides is 1. The number of carbonyl (C=O) groups is 2. The fourth-order valence-corrected chi connectivity index (χ4v) is 2.26. The van der Waals surface area contributed by atoms with Gasteiger partial charge < -0.3 is 25.9 Å². The van der Waals surface area contributed by atoms with Gasteiger partial charge in [-0.05, 0) is 31.0 Å². The predicted molar refractivity (Wildman–Crippen MR) is 99.5 cm³/mol. The van der Waals surface area contributed by atoms with E-state index in [0.717, 1.165) is 19.1 Å². The van der Waals surface area contributed by atoms with Gasteiger partial charge in [0, 0.05) is 18.3 Å². The Hall–Kier alpha value is -2.83. The topological polar surface area (TPSA) is 114 Å². The molecule has 0 aliphatic carbocycles. The van der Waals surface area contributed by atoms with Crippen molar-refractivity contribution in [1.82, 2.24) is 0 Å². The zero-order valence-corrected chi connectivity index (χ0v) is 14.8. The first kappa shape index (κ1) is 20.2. The van der Waals surface area contributed by atoms with E-state index in [1.54, 1.807) is 18.2 Å². The number of benzene rings is 1. The standard InChI is InChI=1S/C18H25N3O4/c1-4-13(5-2)20-15-7-6-12(18(24)25-3)10-16(15)21-17(23)11-14(22)8-9-19/h6-10,13,19-20,22H,4-5,11H2,1-3H3,(H,21,23)/p+1/b14-8-,19-9?. The SMILES string of the molecule is CCC(CC)Nc1ccc(C(=O)OC)cc1NC(=O)C/C([OH2+])=C/C=N. The summed E-state index contributed by atoms with van der Waals surface area (Å²) in [6.07, 6.45) is 3.90. The van der Waals surface area contributed by atoms with Gasteiger partial charge in [-0.15, -0.1) is 0 Å². The molecule has 0 radical (unpaired) electrons. The van der Waals surface area contributed by atoms with Crippen LogP contribution in [-0.4, -0.2) is 36.3 Å². The molecule has 1 aromatic carbocycles. The molecule has 136 valence electrons. The van der Waals surface area contributed by atoms with Gasteiger partial charge in [-0.2, -0.15) is 0 Å². The Balaban J connectivity index is 3.08. The van der Waals surface area contributed by atoms with Gasteiger partial charge in [0.1, 0.15) is 6.42 Å². The number of anilines is 2.